The Kier molecular flexibility index (Phi) is 5.37. The number of Topliss-reactive ketones (excluding diaryl/α,β-unsaturated/α-hetero) is 1. The maximum atomic E-state index is 13.1. The monoisotopic (exact) mass is 443 g/mol. The number of aliphatic hydroxyl groups is 1. The van der Waals surface area contributed by atoms with Crippen molar-refractivity contribution in [1.82, 2.24) is 4.90 Å². The van der Waals surface area contributed by atoms with Crippen LogP contribution in [-0.4, -0.2) is 61.5 Å². The Balaban J connectivity index is 2.18. The molecule has 4 rings (SSSR count). The minimum Gasteiger partial charge on any atom is -0.504 e. The van der Waals surface area contributed by atoms with Crippen molar-refractivity contribution in [1.29, 1.82) is 0 Å². The van der Waals surface area contributed by atoms with Gasteiger partial charge in [0.1, 0.15) is 0 Å². The Bertz CT molecular complexity index is 1130. The molecule has 2 aromatic rings. The van der Waals surface area contributed by atoms with Gasteiger partial charge in [0.25, 0.3) is 0 Å². The van der Waals surface area contributed by atoms with Crippen molar-refractivity contribution >= 4 is 11.7 Å². The van der Waals surface area contributed by atoms with Crippen molar-refractivity contribution in [3.63, 3.8) is 0 Å². The first-order valence-corrected chi connectivity index (χ1v) is 10.1. The number of methoxy groups -OCH3 is 4. The van der Waals surface area contributed by atoms with Crippen LogP contribution >= 0.6 is 0 Å². The number of aliphatic hydroxyl groups excluding tert-OH is 1. The fourth-order valence-electron chi connectivity index (χ4n) is 4.84. The van der Waals surface area contributed by atoms with E-state index in [1.54, 1.807) is 6.07 Å². The predicted molar refractivity (Wildman–Crippen MR) is 114 cm³/mol. The summed E-state index contributed by atoms with van der Waals surface area (Å²) in [4.78, 5) is 26.7. The molecule has 2 aliphatic rings. The molecule has 0 fully saturated rings. The van der Waals surface area contributed by atoms with E-state index in [-0.39, 0.29) is 17.1 Å². The lowest BCUT2D eigenvalue weighted by molar-refractivity contribution is -0.141. The summed E-state index contributed by atoms with van der Waals surface area (Å²) < 4.78 is 22.1. The SMILES string of the molecule is COc1cc2c3c(c1O)-c1c(cc(OC)c(OC)c1OC)CC[C@@H]3N(C(C)=O)C(O)C2=O. The van der Waals surface area contributed by atoms with Gasteiger partial charge in [-0.25, -0.2) is 0 Å². The zero-order chi connectivity index (χ0) is 23.3. The second-order valence-electron chi connectivity index (χ2n) is 7.66. The van der Waals surface area contributed by atoms with Gasteiger partial charge in [-0.1, -0.05) is 0 Å². The van der Waals surface area contributed by atoms with E-state index in [1.807, 2.05) is 0 Å². The predicted octanol–water partition coefficient (Wildman–Crippen LogP) is 2.44. The largest absolute Gasteiger partial charge is 0.504 e. The number of aromatic hydroxyl groups is 1. The number of nitrogens with zero attached hydrogens (tertiary/aromatic N) is 1. The van der Waals surface area contributed by atoms with E-state index in [2.05, 4.69) is 0 Å². The van der Waals surface area contributed by atoms with Crippen molar-refractivity contribution < 1.29 is 38.7 Å². The first-order valence-electron chi connectivity index (χ1n) is 10.1. The van der Waals surface area contributed by atoms with Crippen molar-refractivity contribution in [3.05, 3.63) is 28.8 Å². The average Bonchev–Trinajstić information content (AvgIpc) is 2.94. The number of aryl methyl sites for hydroxylation is 1. The van der Waals surface area contributed by atoms with E-state index in [4.69, 9.17) is 18.9 Å². The number of ketones is 1. The molecule has 2 atom stereocenters. The number of carbonyl (C=O) groups excluding carboxylic acids is 2. The molecule has 0 saturated heterocycles. The lowest BCUT2D eigenvalue weighted by Crippen LogP contribution is -2.50. The minimum absolute atomic E-state index is 0.0685. The highest BCUT2D eigenvalue weighted by atomic mass is 16.5. The molecule has 0 aromatic heterocycles. The first-order chi connectivity index (χ1) is 15.3. The number of benzene rings is 2. The number of amides is 1. The second kappa shape index (κ2) is 7.90. The molecule has 1 aliphatic carbocycles. The molecule has 32 heavy (non-hydrogen) atoms. The van der Waals surface area contributed by atoms with Gasteiger partial charge >= 0.3 is 0 Å². The van der Waals surface area contributed by atoms with Gasteiger partial charge in [-0.3, -0.25) is 9.59 Å². The summed E-state index contributed by atoms with van der Waals surface area (Å²) in [7, 11) is 5.84. The van der Waals surface area contributed by atoms with Gasteiger partial charge in [0.15, 0.2) is 29.2 Å². The van der Waals surface area contributed by atoms with Gasteiger partial charge in [-0.2, -0.15) is 0 Å². The third-order valence-electron chi connectivity index (χ3n) is 6.17. The summed E-state index contributed by atoms with van der Waals surface area (Å²) in [5.41, 5.74) is 2.23. The quantitative estimate of drug-likeness (QED) is 0.741. The van der Waals surface area contributed by atoms with Crippen LogP contribution in [0, 0.1) is 0 Å². The van der Waals surface area contributed by atoms with Crippen molar-refractivity contribution in [2.75, 3.05) is 28.4 Å². The number of phenolic OH excluding ortho intramolecular Hbond substituents is 1. The molecule has 1 amide bonds. The van der Waals surface area contributed by atoms with Crippen LogP contribution in [0.25, 0.3) is 11.1 Å². The molecule has 0 bridgehead atoms. The Labute approximate surface area is 185 Å². The maximum Gasteiger partial charge on any atom is 0.222 e. The first kappa shape index (κ1) is 21.8. The Morgan fingerprint density at radius 3 is 2.22 bits per heavy atom. The molecule has 0 saturated carbocycles. The number of carbonyl (C=O) groups is 2. The summed E-state index contributed by atoms with van der Waals surface area (Å²) in [6, 6.07) is 2.55. The zero-order valence-electron chi connectivity index (χ0n) is 18.5. The smallest absolute Gasteiger partial charge is 0.222 e. The normalized spacial score (nSPS) is 18.9. The molecule has 1 unspecified atom stereocenters. The highest BCUT2D eigenvalue weighted by molar-refractivity contribution is 6.07. The van der Waals surface area contributed by atoms with E-state index >= 15 is 0 Å². The summed E-state index contributed by atoms with van der Waals surface area (Å²) in [5, 5.41) is 21.9. The van der Waals surface area contributed by atoms with Crippen molar-refractivity contribution in [2.24, 2.45) is 0 Å². The summed E-state index contributed by atoms with van der Waals surface area (Å²) in [6.07, 6.45) is -0.766. The molecule has 1 heterocycles. The molecule has 9 nitrogen and oxygen atoms in total. The molecular formula is C23H25NO8. The Morgan fingerprint density at radius 1 is 1.00 bits per heavy atom. The average molecular weight is 443 g/mol. The van der Waals surface area contributed by atoms with Crippen LogP contribution in [0.15, 0.2) is 12.1 Å². The highest BCUT2D eigenvalue weighted by Gasteiger charge is 2.45. The summed E-state index contributed by atoms with van der Waals surface area (Å²) >= 11 is 0. The van der Waals surface area contributed by atoms with Gasteiger partial charge < -0.3 is 34.1 Å². The molecule has 2 aromatic carbocycles. The maximum absolute atomic E-state index is 13.1. The van der Waals surface area contributed by atoms with Gasteiger partial charge in [-0.15, -0.1) is 0 Å². The van der Waals surface area contributed by atoms with Crippen LogP contribution in [0.5, 0.6) is 28.7 Å². The molecule has 9 heteroatoms. The van der Waals surface area contributed by atoms with Gasteiger partial charge in [0, 0.05) is 23.6 Å². The van der Waals surface area contributed by atoms with E-state index in [9.17, 15) is 19.8 Å². The topological polar surface area (TPSA) is 115 Å². The van der Waals surface area contributed by atoms with Crippen molar-refractivity contribution in [3.8, 4) is 39.9 Å². The number of fused-ring (bicyclic) bond motifs is 2. The molecule has 2 N–H and O–H groups in total. The molecular weight excluding hydrogens is 418 g/mol. The summed E-state index contributed by atoms with van der Waals surface area (Å²) in [6.45, 7) is 1.30. The van der Waals surface area contributed by atoms with E-state index in [1.165, 1.54) is 41.4 Å². The fraction of sp³-hybridized carbons (Fsp3) is 0.391. The summed E-state index contributed by atoms with van der Waals surface area (Å²) in [5.74, 6) is -0.128. The van der Waals surface area contributed by atoms with E-state index in [0.29, 0.717) is 46.8 Å². The number of hydrogen-bond acceptors (Lipinski definition) is 8. The number of hydrogen-bond donors (Lipinski definition) is 2. The van der Waals surface area contributed by atoms with Crippen LogP contribution < -0.4 is 18.9 Å². The number of rotatable bonds is 4. The third kappa shape index (κ3) is 2.88. The lowest BCUT2D eigenvalue weighted by Gasteiger charge is -2.40. The van der Waals surface area contributed by atoms with E-state index in [0.717, 1.165) is 10.5 Å². The number of phenols is 1. The Hall–Kier alpha value is -3.46. The fourth-order valence-corrected chi connectivity index (χ4v) is 4.84. The van der Waals surface area contributed by atoms with Crippen LogP contribution in [-0.2, 0) is 11.2 Å². The molecule has 1 aliphatic heterocycles. The lowest BCUT2D eigenvalue weighted by atomic mass is 9.83. The highest BCUT2D eigenvalue weighted by Crippen LogP contribution is 2.57. The third-order valence-corrected chi connectivity index (χ3v) is 6.17. The van der Waals surface area contributed by atoms with Gasteiger partial charge in [-0.05, 0) is 36.1 Å². The van der Waals surface area contributed by atoms with E-state index < -0.39 is 24.0 Å². The zero-order valence-corrected chi connectivity index (χ0v) is 18.5. The molecule has 0 spiro atoms. The second-order valence-corrected chi connectivity index (χ2v) is 7.66. The van der Waals surface area contributed by atoms with Crippen molar-refractivity contribution in [2.45, 2.75) is 32.0 Å². The Morgan fingerprint density at radius 2 is 1.66 bits per heavy atom. The van der Waals surface area contributed by atoms with Gasteiger partial charge in [0.2, 0.25) is 17.4 Å². The number of ether oxygens (including phenoxy) is 4. The minimum atomic E-state index is -1.63. The van der Waals surface area contributed by atoms with Gasteiger partial charge in [0.05, 0.1) is 34.5 Å². The standard InChI is InChI=1S/C23H25NO8/c1-10(25)24-13-7-6-11-8-15(30-3)21(31-4)22(32-5)16(11)18-17(13)12(19(26)23(24)28)9-14(29-2)20(18)27/h8-9,13,23,27-28H,6-7H2,1-5H3/t13-,23?/m0/s1. The van der Waals surface area contributed by atoms with Crippen LogP contribution in [0.2, 0.25) is 0 Å². The molecule has 0 radical (unpaired) electrons. The van der Waals surface area contributed by atoms with Crippen LogP contribution in [0.1, 0.15) is 40.9 Å². The van der Waals surface area contributed by atoms with Crippen LogP contribution in [0.3, 0.4) is 0 Å². The van der Waals surface area contributed by atoms with Crippen LogP contribution in [0.4, 0.5) is 0 Å². The molecule has 170 valence electrons.